The lowest BCUT2D eigenvalue weighted by Crippen LogP contribution is -2.29. The van der Waals surface area contributed by atoms with Gasteiger partial charge in [-0.2, -0.15) is 5.10 Å². The summed E-state index contributed by atoms with van der Waals surface area (Å²) in [5.41, 5.74) is 1.59. The smallest absolute Gasteiger partial charge is 0.267 e. The standard InChI is InChI=1S/C18H14N4O4/c23-17(20-13-1-3-15-16(9-13)26-11-25-15)10-22-18(24)4-2-14(21-22)12-5-7-19-8-6-12/h1-9H,10-11H2,(H,20,23). The summed E-state index contributed by atoms with van der Waals surface area (Å²) < 4.78 is 11.6. The van der Waals surface area contributed by atoms with Gasteiger partial charge in [0.25, 0.3) is 5.56 Å². The van der Waals surface area contributed by atoms with E-state index < -0.39 is 0 Å². The summed E-state index contributed by atoms with van der Waals surface area (Å²) in [5.74, 6) is 0.828. The maximum absolute atomic E-state index is 12.3. The second kappa shape index (κ2) is 6.67. The van der Waals surface area contributed by atoms with Crippen LogP contribution in [0.5, 0.6) is 11.5 Å². The van der Waals surface area contributed by atoms with Crippen LogP contribution in [0.3, 0.4) is 0 Å². The van der Waals surface area contributed by atoms with E-state index in [2.05, 4.69) is 15.4 Å². The van der Waals surface area contributed by atoms with E-state index in [0.29, 0.717) is 22.9 Å². The normalized spacial score (nSPS) is 12.0. The van der Waals surface area contributed by atoms with E-state index in [-0.39, 0.29) is 24.8 Å². The van der Waals surface area contributed by atoms with Crippen molar-refractivity contribution in [2.75, 3.05) is 12.1 Å². The van der Waals surface area contributed by atoms with Crippen molar-refractivity contribution in [3.63, 3.8) is 0 Å². The van der Waals surface area contributed by atoms with Crippen LogP contribution >= 0.6 is 0 Å². The number of rotatable bonds is 4. The van der Waals surface area contributed by atoms with Gasteiger partial charge in [-0.1, -0.05) is 0 Å². The molecule has 0 unspecified atom stereocenters. The molecular weight excluding hydrogens is 336 g/mol. The summed E-state index contributed by atoms with van der Waals surface area (Å²) in [7, 11) is 0. The molecular formula is C18H14N4O4. The Bertz CT molecular complexity index is 1020. The molecule has 0 fully saturated rings. The first-order valence-corrected chi connectivity index (χ1v) is 7.87. The largest absolute Gasteiger partial charge is 0.454 e. The Morgan fingerprint density at radius 2 is 1.88 bits per heavy atom. The molecule has 8 nitrogen and oxygen atoms in total. The molecule has 0 spiro atoms. The minimum atomic E-state index is -0.370. The van der Waals surface area contributed by atoms with Gasteiger partial charge in [0.2, 0.25) is 12.7 Å². The summed E-state index contributed by atoms with van der Waals surface area (Å²) in [4.78, 5) is 28.3. The average molecular weight is 350 g/mol. The molecule has 2 aromatic heterocycles. The van der Waals surface area contributed by atoms with Gasteiger partial charge in [-0.3, -0.25) is 14.6 Å². The summed E-state index contributed by atoms with van der Waals surface area (Å²) >= 11 is 0. The molecule has 0 radical (unpaired) electrons. The van der Waals surface area contributed by atoms with E-state index in [1.54, 1.807) is 48.8 Å². The van der Waals surface area contributed by atoms with E-state index in [1.165, 1.54) is 6.07 Å². The predicted octanol–water partition coefficient (Wildman–Crippen LogP) is 1.67. The quantitative estimate of drug-likeness (QED) is 0.769. The highest BCUT2D eigenvalue weighted by Crippen LogP contribution is 2.34. The third-order valence-corrected chi connectivity index (χ3v) is 3.79. The number of carbonyl (C=O) groups is 1. The number of pyridine rings is 1. The molecule has 0 aliphatic carbocycles. The van der Waals surface area contributed by atoms with Gasteiger partial charge in [0.1, 0.15) is 6.54 Å². The molecule has 1 aliphatic rings. The number of aromatic nitrogens is 3. The monoisotopic (exact) mass is 350 g/mol. The Hall–Kier alpha value is -3.68. The Morgan fingerprint density at radius 3 is 2.73 bits per heavy atom. The van der Waals surface area contributed by atoms with Crippen LogP contribution in [0, 0.1) is 0 Å². The molecule has 130 valence electrons. The second-order valence-electron chi connectivity index (χ2n) is 5.57. The number of hydrogen-bond donors (Lipinski definition) is 1. The first-order valence-electron chi connectivity index (χ1n) is 7.87. The number of benzene rings is 1. The van der Waals surface area contributed by atoms with Crippen molar-refractivity contribution in [2.45, 2.75) is 6.54 Å². The summed E-state index contributed by atoms with van der Waals surface area (Å²) in [6.45, 7) is -0.0416. The molecule has 1 amide bonds. The van der Waals surface area contributed by atoms with Gasteiger partial charge in [-0.05, 0) is 30.3 Å². The molecule has 0 bridgehead atoms. The van der Waals surface area contributed by atoms with E-state index in [9.17, 15) is 9.59 Å². The Kier molecular flexibility index (Phi) is 4.06. The first kappa shape index (κ1) is 15.8. The molecule has 0 atom stereocenters. The molecule has 1 N–H and O–H groups in total. The van der Waals surface area contributed by atoms with E-state index in [1.807, 2.05) is 0 Å². The fourth-order valence-electron chi connectivity index (χ4n) is 2.55. The molecule has 0 saturated carbocycles. The highest BCUT2D eigenvalue weighted by molar-refractivity contribution is 5.90. The van der Waals surface area contributed by atoms with Crippen LogP contribution in [-0.2, 0) is 11.3 Å². The summed E-state index contributed by atoms with van der Waals surface area (Å²) in [6, 6.07) is 11.7. The molecule has 3 heterocycles. The number of ether oxygens (including phenoxy) is 2. The lowest BCUT2D eigenvalue weighted by Gasteiger charge is -2.09. The predicted molar refractivity (Wildman–Crippen MR) is 92.9 cm³/mol. The van der Waals surface area contributed by atoms with Gasteiger partial charge >= 0.3 is 0 Å². The Labute approximate surface area is 148 Å². The number of nitrogens with one attached hydrogen (secondary N) is 1. The average Bonchev–Trinajstić information content (AvgIpc) is 3.12. The second-order valence-corrected chi connectivity index (χ2v) is 5.57. The molecule has 3 aromatic rings. The fraction of sp³-hybridized carbons (Fsp3) is 0.111. The Morgan fingerprint density at radius 1 is 1.08 bits per heavy atom. The SMILES string of the molecule is O=C(Cn1nc(-c2ccncc2)ccc1=O)Nc1ccc2c(c1)OCO2. The van der Waals surface area contributed by atoms with Crippen molar-refractivity contribution >= 4 is 11.6 Å². The van der Waals surface area contributed by atoms with Crippen molar-refractivity contribution in [3.05, 3.63) is 65.2 Å². The van der Waals surface area contributed by atoms with Crippen LogP contribution in [-0.4, -0.2) is 27.5 Å². The topological polar surface area (TPSA) is 95.3 Å². The first-order chi connectivity index (χ1) is 12.7. The number of anilines is 1. The maximum atomic E-state index is 12.3. The van der Waals surface area contributed by atoms with Crippen molar-refractivity contribution < 1.29 is 14.3 Å². The van der Waals surface area contributed by atoms with Crippen LogP contribution in [0.25, 0.3) is 11.3 Å². The molecule has 0 saturated heterocycles. The lowest BCUT2D eigenvalue weighted by molar-refractivity contribution is -0.117. The van der Waals surface area contributed by atoms with Crippen LogP contribution in [0.15, 0.2) is 59.7 Å². The molecule has 1 aromatic carbocycles. The number of fused-ring (bicyclic) bond motifs is 1. The van der Waals surface area contributed by atoms with Gasteiger partial charge in [-0.15, -0.1) is 0 Å². The number of nitrogens with zero attached hydrogens (tertiary/aromatic N) is 3. The summed E-state index contributed by atoms with van der Waals surface area (Å²) in [6.07, 6.45) is 3.28. The molecule has 4 rings (SSSR count). The van der Waals surface area contributed by atoms with E-state index >= 15 is 0 Å². The highest BCUT2D eigenvalue weighted by Gasteiger charge is 2.14. The fourth-order valence-corrected chi connectivity index (χ4v) is 2.55. The zero-order valence-electron chi connectivity index (χ0n) is 13.6. The lowest BCUT2D eigenvalue weighted by atomic mass is 10.2. The van der Waals surface area contributed by atoms with Gasteiger partial charge < -0.3 is 14.8 Å². The van der Waals surface area contributed by atoms with Gasteiger partial charge in [0.05, 0.1) is 5.69 Å². The zero-order chi connectivity index (χ0) is 17.9. The van der Waals surface area contributed by atoms with Crippen LogP contribution < -0.4 is 20.3 Å². The number of amides is 1. The van der Waals surface area contributed by atoms with Crippen LogP contribution in [0.4, 0.5) is 5.69 Å². The van der Waals surface area contributed by atoms with Crippen molar-refractivity contribution in [1.82, 2.24) is 14.8 Å². The number of hydrogen-bond acceptors (Lipinski definition) is 6. The van der Waals surface area contributed by atoms with E-state index in [4.69, 9.17) is 9.47 Å². The van der Waals surface area contributed by atoms with Crippen LogP contribution in [0.2, 0.25) is 0 Å². The molecule has 1 aliphatic heterocycles. The maximum Gasteiger partial charge on any atom is 0.267 e. The van der Waals surface area contributed by atoms with Gasteiger partial charge in [0, 0.05) is 35.8 Å². The minimum Gasteiger partial charge on any atom is -0.454 e. The van der Waals surface area contributed by atoms with Gasteiger partial charge in [-0.25, -0.2) is 4.68 Å². The van der Waals surface area contributed by atoms with E-state index in [0.717, 1.165) is 10.2 Å². The van der Waals surface area contributed by atoms with Gasteiger partial charge in [0.15, 0.2) is 11.5 Å². The Balaban J connectivity index is 1.51. The molecule has 26 heavy (non-hydrogen) atoms. The van der Waals surface area contributed by atoms with Crippen molar-refractivity contribution in [1.29, 1.82) is 0 Å². The number of carbonyl (C=O) groups excluding carboxylic acids is 1. The van der Waals surface area contributed by atoms with Crippen LogP contribution in [0.1, 0.15) is 0 Å². The van der Waals surface area contributed by atoms with Crippen molar-refractivity contribution in [2.24, 2.45) is 0 Å². The van der Waals surface area contributed by atoms with Crippen molar-refractivity contribution in [3.8, 4) is 22.8 Å². The summed E-state index contributed by atoms with van der Waals surface area (Å²) in [5, 5.41) is 6.98. The highest BCUT2D eigenvalue weighted by atomic mass is 16.7. The molecule has 8 heteroatoms. The third kappa shape index (κ3) is 3.25. The minimum absolute atomic E-state index is 0.161. The zero-order valence-corrected chi connectivity index (χ0v) is 13.6. The third-order valence-electron chi connectivity index (χ3n) is 3.79.